The van der Waals surface area contributed by atoms with Crippen LogP contribution in [0.1, 0.15) is 83.7 Å². The van der Waals surface area contributed by atoms with Crippen LogP contribution in [-0.4, -0.2) is 162 Å². The number of carbonyl (C=O) groups excluding carboxylic acids is 6. The van der Waals surface area contributed by atoms with Gasteiger partial charge in [-0.1, -0.05) is 57.2 Å². The van der Waals surface area contributed by atoms with Crippen molar-refractivity contribution >= 4 is 70.3 Å². The largest absolute Gasteiger partial charge is 0.495 e. The molecule has 0 radical (unpaired) electrons. The lowest BCUT2D eigenvalue weighted by Crippen LogP contribution is -2.61. The van der Waals surface area contributed by atoms with E-state index in [9.17, 15) is 51.9 Å². The molecule has 5 aliphatic rings. The molecule has 0 saturated carbocycles. The number of rotatable bonds is 14. The van der Waals surface area contributed by atoms with Gasteiger partial charge in [0.25, 0.3) is 11.8 Å². The fourth-order valence-corrected chi connectivity index (χ4v) is 12.2. The van der Waals surface area contributed by atoms with Crippen molar-refractivity contribution in [3.05, 3.63) is 94.4 Å². The highest BCUT2D eigenvalue weighted by molar-refractivity contribution is 7.52. The fourth-order valence-electron chi connectivity index (χ4n) is 10.8. The van der Waals surface area contributed by atoms with E-state index in [1.165, 1.54) is 29.0 Å². The zero-order valence-corrected chi connectivity index (χ0v) is 43.9. The third kappa shape index (κ3) is 11.3. The summed E-state index contributed by atoms with van der Waals surface area (Å²) in [5, 5.41) is 5.35. The Balaban J connectivity index is 0.836. The third-order valence-electron chi connectivity index (χ3n) is 15.0. The lowest BCUT2D eigenvalue weighted by atomic mass is 9.72. The number of methoxy groups -OCH3 is 1. The second-order valence-corrected chi connectivity index (χ2v) is 23.9. The van der Waals surface area contributed by atoms with Crippen molar-refractivity contribution in [3.63, 3.8) is 0 Å². The Hall–Kier alpha value is -5.87. The molecule has 3 aromatic carbocycles. The topological polar surface area (TPSA) is 228 Å². The summed E-state index contributed by atoms with van der Waals surface area (Å²) in [4.78, 5) is 109. The minimum absolute atomic E-state index is 0.0374. The number of nitrogens with one attached hydrogen (secondary N) is 2. The zero-order chi connectivity index (χ0) is 53.6. The first-order chi connectivity index (χ1) is 35.5. The van der Waals surface area contributed by atoms with Crippen molar-refractivity contribution in [2.45, 2.75) is 76.4 Å². The molecule has 6 heterocycles. The normalized spacial score (nSPS) is 22.0. The van der Waals surface area contributed by atoms with Gasteiger partial charge in [0.15, 0.2) is 0 Å². The molecule has 1 aromatic heterocycles. The number of benzene rings is 3. The van der Waals surface area contributed by atoms with Gasteiger partial charge in [0.2, 0.25) is 17.7 Å². The second-order valence-electron chi connectivity index (χ2n) is 21.2. The van der Waals surface area contributed by atoms with Gasteiger partial charge < -0.3 is 44.0 Å². The number of fused-ring (bicyclic) bond motifs is 1. The molecule has 0 aliphatic carbocycles. The molecule has 9 rings (SSSR count). The third-order valence-corrected chi connectivity index (χ3v) is 17.1. The fraction of sp³-hybridized carbons (Fsp3) is 0.500. The first kappa shape index (κ1) is 53.9. The molecule has 402 valence electrons. The summed E-state index contributed by atoms with van der Waals surface area (Å²) in [5.74, 6) is -1.52. The number of imide groups is 1. The molecule has 0 unspecified atom stereocenters. The number of nitrogens with zero attached hydrogens (tertiary/aromatic N) is 5. The molecule has 4 N–H and O–H groups in total. The Bertz CT molecular complexity index is 2900. The number of alkyl halides is 2. The number of thiophene rings is 1. The lowest BCUT2D eigenvalue weighted by Gasteiger charge is -2.54. The number of amides is 7. The number of morpholine rings is 1. The summed E-state index contributed by atoms with van der Waals surface area (Å²) in [7, 11) is -4.36. The standard InChI is InChI=1S/C52H62F2N7O12PS/c1-50(2,3)44(56-45(63)42-26-34-24-35(11-13-41(34)75-42)52(53,54)74(68,69)70)48(66)61-28-36(27-38(61)47(65)59-21-23-73-40(29-59)32-8-6-5-7-9-32)72-22-20-57-30-51(31-57)15-18-58(19-16-51)46(64)33-10-12-39(71-4)37(25-33)60-17-14-43(62)55-49(60)67/h5-13,24-26,36,38,40,44H,14-23,27-31H2,1-4H3,(H,56,63)(H,55,62,67)(H2,68,69,70)/t36-,38-,40-,44+/m0/s1. The number of piperidine rings is 1. The molecule has 1 spiro atoms. The molecule has 4 atom stereocenters. The number of hydrogen-bond acceptors (Lipinski definition) is 12. The summed E-state index contributed by atoms with van der Waals surface area (Å²) in [6.07, 6.45) is 1.08. The van der Waals surface area contributed by atoms with E-state index in [0.717, 1.165) is 55.0 Å². The van der Waals surface area contributed by atoms with Crippen LogP contribution in [0.15, 0.2) is 72.8 Å². The van der Waals surface area contributed by atoms with Crippen molar-refractivity contribution in [1.82, 2.24) is 30.2 Å². The first-order valence-corrected chi connectivity index (χ1v) is 27.4. The van der Waals surface area contributed by atoms with Crippen molar-refractivity contribution in [1.29, 1.82) is 0 Å². The molecular weight excluding hydrogens is 1020 g/mol. The van der Waals surface area contributed by atoms with Crippen LogP contribution in [0.25, 0.3) is 10.1 Å². The Morgan fingerprint density at radius 1 is 0.947 bits per heavy atom. The van der Waals surface area contributed by atoms with Crippen LogP contribution in [-0.2, 0) is 34.1 Å². The van der Waals surface area contributed by atoms with Gasteiger partial charge in [-0.15, -0.1) is 11.3 Å². The molecule has 75 heavy (non-hydrogen) atoms. The second kappa shape index (κ2) is 21.3. The van der Waals surface area contributed by atoms with Gasteiger partial charge in [0.1, 0.15) is 23.9 Å². The quantitative estimate of drug-likeness (QED) is 0.114. The Kier molecular flexibility index (Phi) is 15.3. The van der Waals surface area contributed by atoms with Crippen LogP contribution in [0.2, 0.25) is 0 Å². The number of urea groups is 1. The molecule has 19 nitrogen and oxygen atoms in total. The number of anilines is 1. The van der Waals surface area contributed by atoms with Gasteiger partial charge in [-0.25, -0.2) is 4.79 Å². The number of halogens is 2. The lowest BCUT2D eigenvalue weighted by molar-refractivity contribution is -0.150. The average molecular weight is 1080 g/mol. The minimum Gasteiger partial charge on any atom is -0.495 e. The van der Waals surface area contributed by atoms with Gasteiger partial charge >= 0.3 is 19.3 Å². The Morgan fingerprint density at radius 3 is 2.36 bits per heavy atom. The van der Waals surface area contributed by atoms with Gasteiger partial charge in [0, 0.05) is 81.0 Å². The smallest absolute Gasteiger partial charge is 0.399 e. The van der Waals surface area contributed by atoms with E-state index >= 15 is 0 Å². The Morgan fingerprint density at radius 2 is 1.68 bits per heavy atom. The van der Waals surface area contributed by atoms with Crippen molar-refractivity contribution < 1.29 is 66.1 Å². The highest BCUT2D eigenvalue weighted by Gasteiger charge is 2.51. The predicted molar refractivity (Wildman–Crippen MR) is 273 cm³/mol. The number of likely N-dealkylation sites (tertiary alicyclic amines) is 3. The molecule has 7 amide bonds. The number of carbonyl (C=O) groups is 6. The van der Waals surface area contributed by atoms with E-state index in [-0.39, 0.29) is 72.0 Å². The van der Waals surface area contributed by atoms with Crippen LogP contribution in [0.4, 0.5) is 19.3 Å². The first-order valence-electron chi connectivity index (χ1n) is 25.0. The minimum atomic E-state index is -5.84. The van der Waals surface area contributed by atoms with E-state index < -0.39 is 60.3 Å². The highest BCUT2D eigenvalue weighted by atomic mass is 32.1. The zero-order valence-electron chi connectivity index (χ0n) is 42.2. The van der Waals surface area contributed by atoms with E-state index in [2.05, 4.69) is 15.5 Å². The maximum Gasteiger partial charge on any atom is 0.399 e. The van der Waals surface area contributed by atoms with E-state index in [1.807, 2.05) is 35.2 Å². The summed E-state index contributed by atoms with van der Waals surface area (Å²) in [6, 6.07) is 16.4. The number of ether oxygens (including phenoxy) is 3. The van der Waals surface area contributed by atoms with Crippen LogP contribution >= 0.6 is 18.9 Å². The van der Waals surface area contributed by atoms with Crippen molar-refractivity contribution in [2.24, 2.45) is 10.8 Å². The molecule has 23 heteroatoms. The summed E-state index contributed by atoms with van der Waals surface area (Å²) < 4.78 is 59.3. The molecule has 4 aromatic rings. The molecule has 5 saturated heterocycles. The maximum absolute atomic E-state index is 14.9. The Labute approximate surface area is 436 Å². The maximum atomic E-state index is 14.9. The molecule has 5 aliphatic heterocycles. The van der Waals surface area contributed by atoms with Crippen LogP contribution in [0, 0.1) is 10.8 Å². The molecular formula is C52H62F2N7O12PS. The van der Waals surface area contributed by atoms with Gasteiger partial charge in [0.05, 0.1) is 43.5 Å². The van der Waals surface area contributed by atoms with Crippen LogP contribution < -0.4 is 20.3 Å². The van der Waals surface area contributed by atoms with Gasteiger partial charge in [-0.05, 0) is 71.0 Å². The predicted octanol–water partition coefficient (Wildman–Crippen LogP) is 5.55. The van der Waals surface area contributed by atoms with Gasteiger partial charge in [-0.2, -0.15) is 8.78 Å². The summed E-state index contributed by atoms with van der Waals surface area (Å²) >= 11 is 0.972. The SMILES string of the molecule is COc1ccc(C(=O)N2CCC3(CC2)CN(CCO[C@H]2C[C@@H](C(=O)N4CCO[C@H](c5ccccc5)C4)N(C(=O)[C@@H](NC(=O)c4cc5cc(C(F)(F)P(=O)(O)O)ccc5s4)C(C)(C)C)C2)C3)cc1N1CCC(=O)NC1=O. The van der Waals surface area contributed by atoms with E-state index in [4.69, 9.17) is 14.2 Å². The summed E-state index contributed by atoms with van der Waals surface area (Å²) in [5.41, 5.74) is -4.43. The van der Waals surface area contributed by atoms with Crippen LogP contribution in [0.3, 0.4) is 0 Å². The summed E-state index contributed by atoms with van der Waals surface area (Å²) in [6.45, 7) is 10.2. The molecule has 5 fully saturated rings. The number of hydrogen-bond donors (Lipinski definition) is 4. The van der Waals surface area contributed by atoms with Gasteiger partial charge in [-0.3, -0.25) is 43.7 Å². The van der Waals surface area contributed by atoms with Crippen molar-refractivity contribution in [2.75, 3.05) is 84.1 Å². The van der Waals surface area contributed by atoms with Crippen molar-refractivity contribution in [3.8, 4) is 5.75 Å². The molecule has 0 bridgehead atoms. The highest BCUT2D eigenvalue weighted by Crippen LogP contribution is 2.59. The average Bonchev–Trinajstić information content (AvgIpc) is 4.01. The van der Waals surface area contributed by atoms with E-state index in [0.29, 0.717) is 61.1 Å². The monoisotopic (exact) mass is 1080 g/mol. The van der Waals surface area contributed by atoms with Crippen LogP contribution in [0.5, 0.6) is 5.75 Å². The van der Waals surface area contributed by atoms with E-state index in [1.54, 1.807) is 43.9 Å².